The third-order valence-electron chi connectivity index (χ3n) is 4.24. The number of nitrogens with zero attached hydrogens (tertiary/aromatic N) is 2. The first-order valence-electron chi connectivity index (χ1n) is 8.29. The van der Waals surface area contributed by atoms with Crippen LogP contribution in [-0.2, 0) is 0 Å². The topological polar surface area (TPSA) is 77.8 Å². The molecule has 2 N–H and O–H groups in total. The van der Waals surface area contributed by atoms with Gasteiger partial charge in [0.25, 0.3) is 5.91 Å². The second kappa shape index (κ2) is 7.60. The lowest BCUT2D eigenvalue weighted by Gasteiger charge is -2.22. The number of anilines is 2. The summed E-state index contributed by atoms with van der Waals surface area (Å²) in [5.74, 6) is -0.105. The highest BCUT2D eigenvalue weighted by atomic mass is 16.1. The standard InChI is InChI=1S/C19H20N4O/c20-12-14-6-8-16(9-7-14)22-17-10-11-18(21-13-17)19(24)23-15-4-2-1-3-5-15/h6-11,13,15,22H,1-5H2,(H,23,24). The smallest absolute Gasteiger partial charge is 0.270 e. The summed E-state index contributed by atoms with van der Waals surface area (Å²) >= 11 is 0. The minimum absolute atomic E-state index is 0.105. The number of amides is 1. The van der Waals surface area contributed by atoms with Crippen molar-refractivity contribution in [3.05, 3.63) is 53.9 Å². The van der Waals surface area contributed by atoms with Gasteiger partial charge >= 0.3 is 0 Å². The van der Waals surface area contributed by atoms with Gasteiger partial charge in [-0.15, -0.1) is 0 Å². The molecule has 1 aromatic heterocycles. The molecule has 1 amide bonds. The predicted octanol–water partition coefficient (Wildman–Crippen LogP) is 3.76. The first kappa shape index (κ1) is 16.0. The molecule has 0 atom stereocenters. The fourth-order valence-electron chi connectivity index (χ4n) is 2.90. The molecule has 1 heterocycles. The average molecular weight is 320 g/mol. The predicted molar refractivity (Wildman–Crippen MR) is 93.0 cm³/mol. The van der Waals surface area contributed by atoms with Crippen LogP contribution in [0.25, 0.3) is 0 Å². The van der Waals surface area contributed by atoms with E-state index in [0.717, 1.165) is 24.2 Å². The van der Waals surface area contributed by atoms with Gasteiger partial charge in [0.1, 0.15) is 5.69 Å². The molecular weight excluding hydrogens is 300 g/mol. The summed E-state index contributed by atoms with van der Waals surface area (Å²) in [6.07, 6.45) is 7.40. The van der Waals surface area contributed by atoms with Crippen LogP contribution >= 0.6 is 0 Å². The van der Waals surface area contributed by atoms with Crippen molar-refractivity contribution in [3.63, 3.8) is 0 Å². The van der Waals surface area contributed by atoms with Crippen LogP contribution in [0.5, 0.6) is 0 Å². The Morgan fingerprint density at radius 1 is 1.04 bits per heavy atom. The Hall–Kier alpha value is -2.87. The first-order chi connectivity index (χ1) is 11.7. The molecule has 5 nitrogen and oxygen atoms in total. The molecular formula is C19H20N4O. The van der Waals surface area contributed by atoms with Crippen molar-refractivity contribution in [1.82, 2.24) is 10.3 Å². The molecule has 24 heavy (non-hydrogen) atoms. The van der Waals surface area contributed by atoms with Gasteiger partial charge in [-0.3, -0.25) is 4.79 Å². The fraction of sp³-hybridized carbons (Fsp3) is 0.316. The quantitative estimate of drug-likeness (QED) is 0.899. The van der Waals surface area contributed by atoms with E-state index in [0.29, 0.717) is 11.3 Å². The normalized spacial score (nSPS) is 14.6. The zero-order valence-corrected chi connectivity index (χ0v) is 13.5. The zero-order valence-electron chi connectivity index (χ0n) is 13.5. The van der Waals surface area contributed by atoms with Crippen molar-refractivity contribution in [2.45, 2.75) is 38.1 Å². The summed E-state index contributed by atoms with van der Waals surface area (Å²) in [5.41, 5.74) is 2.73. The van der Waals surface area contributed by atoms with Gasteiger partial charge < -0.3 is 10.6 Å². The van der Waals surface area contributed by atoms with Crippen LogP contribution in [0.15, 0.2) is 42.6 Å². The number of hydrogen-bond donors (Lipinski definition) is 2. The highest BCUT2D eigenvalue weighted by Gasteiger charge is 2.17. The van der Waals surface area contributed by atoms with Gasteiger partial charge in [0.2, 0.25) is 0 Å². The number of benzene rings is 1. The molecule has 5 heteroatoms. The molecule has 3 rings (SSSR count). The van der Waals surface area contributed by atoms with Crippen molar-refractivity contribution < 1.29 is 4.79 Å². The molecule has 0 spiro atoms. The van der Waals surface area contributed by atoms with Crippen molar-refractivity contribution in [2.75, 3.05) is 5.32 Å². The Morgan fingerprint density at radius 2 is 1.75 bits per heavy atom. The van der Waals surface area contributed by atoms with Crippen LogP contribution in [-0.4, -0.2) is 16.9 Å². The van der Waals surface area contributed by atoms with Crippen LogP contribution in [0.3, 0.4) is 0 Å². The second-order valence-corrected chi connectivity index (χ2v) is 6.05. The molecule has 122 valence electrons. The zero-order chi connectivity index (χ0) is 16.8. The lowest BCUT2D eigenvalue weighted by atomic mass is 9.95. The van der Waals surface area contributed by atoms with E-state index in [1.54, 1.807) is 24.4 Å². The fourth-order valence-corrected chi connectivity index (χ4v) is 2.90. The number of nitriles is 1. The summed E-state index contributed by atoms with van der Waals surface area (Å²) in [7, 11) is 0. The average Bonchev–Trinajstić information content (AvgIpc) is 2.64. The number of carbonyl (C=O) groups excluding carboxylic acids is 1. The van der Waals surface area contributed by atoms with E-state index in [-0.39, 0.29) is 11.9 Å². The molecule has 0 bridgehead atoms. The number of pyridine rings is 1. The summed E-state index contributed by atoms with van der Waals surface area (Å²) in [6.45, 7) is 0. The van der Waals surface area contributed by atoms with Crippen LogP contribution in [0.1, 0.15) is 48.2 Å². The Labute approximate surface area is 141 Å². The minimum Gasteiger partial charge on any atom is -0.354 e. The first-order valence-corrected chi connectivity index (χ1v) is 8.29. The number of carbonyl (C=O) groups is 1. The maximum Gasteiger partial charge on any atom is 0.270 e. The van der Waals surface area contributed by atoms with Gasteiger partial charge in [0.05, 0.1) is 23.5 Å². The lowest BCUT2D eigenvalue weighted by Crippen LogP contribution is -2.36. The number of aromatic nitrogens is 1. The van der Waals surface area contributed by atoms with E-state index in [9.17, 15) is 4.79 Å². The van der Waals surface area contributed by atoms with Gasteiger partial charge in [-0.1, -0.05) is 19.3 Å². The molecule has 0 unspecified atom stereocenters. The SMILES string of the molecule is N#Cc1ccc(Nc2ccc(C(=O)NC3CCCCC3)nc2)cc1. The van der Waals surface area contributed by atoms with Crippen LogP contribution in [0.4, 0.5) is 11.4 Å². The van der Waals surface area contributed by atoms with E-state index >= 15 is 0 Å². The summed E-state index contributed by atoms with van der Waals surface area (Å²) < 4.78 is 0. The number of hydrogen-bond acceptors (Lipinski definition) is 4. The van der Waals surface area contributed by atoms with Crippen LogP contribution in [0.2, 0.25) is 0 Å². The molecule has 0 radical (unpaired) electrons. The van der Waals surface area contributed by atoms with E-state index in [2.05, 4.69) is 21.7 Å². The van der Waals surface area contributed by atoms with Gasteiger partial charge in [0, 0.05) is 11.7 Å². The van der Waals surface area contributed by atoms with Crippen molar-refractivity contribution >= 4 is 17.3 Å². The maximum absolute atomic E-state index is 12.2. The van der Waals surface area contributed by atoms with E-state index in [1.807, 2.05) is 18.2 Å². The summed E-state index contributed by atoms with van der Waals surface area (Å²) in [4.78, 5) is 16.5. The highest BCUT2D eigenvalue weighted by Crippen LogP contribution is 2.19. The molecule has 1 aliphatic rings. The summed E-state index contributed by atoms with van der Waals surface area (Å²) in [5, 5.41) is 15.1. The van der Waals surface area contributed by atoms with Gasteiger partial charge in [-0.05, 0) is 49.2 Å². The lowest BCUT2D eigenvalue weighted by molar-refractivity contribution is 0.0922. The van der Waals surface area contributed by atoms with E-state index in [4.69, 9.17) is 5.26 Å². The largest absolute Gasteiger partial charge is 0.354 e. The summed E-state index contributed by atoms with van der Waals surface area (Å²) in [6, 6.07) is 13.1. The molecule has 1 aliphatic carbocycles. The van der Waals surface area contributed by atoms with Crippen LogP contribution in [0, 0.1) is 11.3 Å². The van der Waals surface area contributed by atoms with Crippen molar-refractivity contribution in [3.8, 4) is 6.07 Å². The Morgan fingerprint density at radius 3 is 2.38 bits per heavy atom. The third-order valence-corrected chi connectivity index (χ3v) is 4.24. The molecule has 0 saturated heterocycles. The Kier molecular flexibility index (Phi) is 5.07. The van der Waals surface area contributed by atoms with Crippen LogP contribution < -0.4 is 10.6 Å². The molecule has 0 aliphatic heterocycles. The van der Waals surface area contributed by atoms with Gasteiger partial charge in [-0.2, -0.15) is 5.26 Å². The molecule has 2 aromatic rings. The van der Waals surface area contributed by atoms with E-state index < -0.39 is 0 Å². The molecule has 1 aromatic carbocycles. The highest BCUT2D eigenvalue weighted by molar-refractivity contribution is 5.92. The van der Waals surface area contributed by atoms with Gasteiger partial charge in [0.15, 0.2) is 0 Å². The van der Waals surface area contributed by atoms with Crippen molar-refractivity contribution in [1.29, 1.82) is 5.26 Å². The maximum atomic E-state index is 12.2. The number of rotatable bonds is 4. The molecule has 1 fully saturated rings. The van der Waals surface area contributed by atoms with Gasteiger partial charge in [-0.25, -0.2) is 4.98 Å². The Balaban J connectivity index is 1.59. The van der Waals surface area contributed by atoms with Crippen molar-refractivity contribution in [2.24, 2.45) is 0 Å². The monoisotopic (exact) mass is 320 g/mol. The van der Waals surface area contributed by atoms with E-state index in [1.165, 1.54) is 19.3 Å². The Bertz CT molecular complexity index is 725. The minimum atomic E-state index is -0.105. The molecule has 1 saturated carbocycles. The second-order valence-electron chi connectivity index (χ2n) is 6.05. The number of nitrogens with one attached hydrogen (secondary N) is 2. The third kappa shape index (κ3) is 4.11.